The van der Waals surface area contributed by atoms with E-state index in [-0.39, 0.29) is 4.90 Å². The van der Waals surface area contributed by atoms with Gasteiger partial charge in [0.05, 0.1) is 5.69 Å². The van der Waals surface area contributed by atoms with Gasteiger partial charge in [0.15, 0.2) is 0 Å². The van der Waals surface area contributed by atoms with Gasteiger partial charge in [0.2, 0.25) is 16.0 Å². The lowest BCUT2D eigenvalue weighted by Crippen LogP contribution is -2.49. The minimum atomic E-state index is -3.63. The highest BCUT2D eigenvalue weighted by Gasteiger charge is 2.32. The summed E-state index contributed by atoms with van der Waals surface area (Å²) in [6, 6.07) is 11.4. The summed E-state index contributed by atoms with van der Waals surface area (Å²) in [5.41, 5.74) is 2.58. The van der Waals surface area contributed by atoms with Crippen LogP contribution >= 0.6 is 0 Å². The molecule has 1 aromatic carbocycles. The normalized spacial score (nSPS) is 15.7. The van der Waals surface area contributed by atoms with E-state index in [9.17, 15) is 8.42 Å². The molecule has 10 nitrogen and oxygen atoms in total. The summed E-state index contributed by atoms with van der Waals surface area (Å²) < 4.78 is 29.6. The summed E-state index contributed by atoms with van der Waals surface area (Å²) in [6.45, 7) is 3.69. The SMILES string of the molecule is Cc1ccc(-n2nnnc2N2CCN(S(=O)(=O)c3c[nH]c4ncccc34)CC2)cc1. The fourth-order valence-corrected chi connectivity index (χ4v) is 5.22. The molecule has 1 aliphatic rings. The number of nitrogens with one attached hydrogen (secondary N) is 1. The van der Waals surface area contributed by atoms with Crippen molar-refractivity contribution in [1.82, 2.24) is 34.5 Å². The molecule has 0 radical (unpaired) electrons. The first-order valence-electron chi connectivity index (χ1n) is 9.57. The number of anilines is 1. The quantitative estimate of drug-likeness (QED) is 0.526. The number of tetrazole rings is 1. The molecule has 11 heteroatoms. The topological polar surface area (TPSA) is 113 Å². The number of fused-ring (bicyclic) bond motifs is 1. The predicted molar refractivity (Wildman–Crippen MR) is 111 cm³/mol. The van der Waals surface area contributed by atoms with Crippen LogP contribution in [0.25, 0.3) is 16.7 Å². The highest BCUT2D eigenvalue weighted by atomic mass is 32.2. The van der Waals surface area contributed by atoms with Gasteiger partial charge >= 0.3 is 0 Å². The Labute approximate surface area is 173 Å². The van der Waals surface area contributed by atoms with Crippen LogP contribution in [0.2, 0.25) is 0 Å². The Bertz CT molecular complexity index is 1290. The van der Waals surface area contributed by atoms with Gasteiger partial charge in [0.1, 0.15) is 10.5 Å². The van der Waals surface area contributed by atoms with Crippen molar-refractivity contribution in [3.63, 3.8) is 0 Å². The number of hydrogen-bond acceptors (Lipinski definition) is 7. The number of pyridine rings is 1. The lowest BCUT2D eigenvalue weighted by atomic mass is 10.2. The molecule has 0 bridgehead atoms. The number of nitrogens with zero attached hydrogens (tertiary/aromatic N) is 7. The molecule has 1 aliphatic heterocycles. The molecule has 4 heterocycles. The first kappa shape index (κ1) is 18.7. The van der Waals surface area contributed by atoms with E-state index in [1.165, 1.54) is 10.5 Å². The molecule has 0 atom stereocenters. The van der Waals surface area contributed by atoms with Crippen LogP contribution in [0.3, 0.4) is 0 Å². The molecule has 1 fully saturated rings. The minimum Gasteiger partial charge on any atom is -0.345 e. The molecular weight excluding hydrogens is 404 g/mol. The average molecular weight is 424 g/mol. The zero-order chi connectivity index (χ0) is 20.7. The summed E-state index contributed by atoms with van der Waals surface area (Å²) >= 11 is 0. The van der Waals surface area contributed by atoms with Gasteiger partial charge < -0.3 is 9.88 Å². The number of H-pyrrole nitrogens is 1. The lowest BCUT2D eigenvalue weighted by molar-refractivity contribution is 0.382. The third-order valence-electron chi connectivity index (χ3n) is 5.28. The Hall–Kier alpha value is -3.31. The number of aromatic nitrogens is 6. The van der Waals surface area contributed by atoms with Crippen LogP contribution in [-0.2, 0) is 10.0 Å². The van der Waals surface area contributed by atoms with Crippen molar-refractivity contribution in [3.05, 3.63) is 54.4 Å². The summed E-state index contributed by atoms with van der Waals surface area (Å²) in [4.78, 5) is 9.37. The smallest absolute Gasteiger partial charge is 0.250 e. The second kappa shape index (κ2) is 7.18. The fraction of sp³-hybridized carbons (Fsp3) is 0.263. The number of sulfonamides is 1. The van der Waals surface area contributed by atoms with Gasteiger partial charge in [-0.2, -0.15) is 8.99 Å². The summed E-state index contributed by atoms with van der Waals surface area (Å²) in [5, 5.41) is 12.7. The first-order valence-corrected chi connectivity index (χ1v) is 11.0. The van der Waals surface area contributed by atoms with Crippen molar-refractivity contribution in [2.24, 2.45) is 0 Å². The molecule has 5 rings (SSSR count). The van der Waals surface area contributed by atoms with E-state index < -0.39 is 10.0 Å². The van der Waals surface area contributed by atoms with Gasteiger partial charge in [-0.1, -0.05) is 22.8 Å². The Morgan fingerprint density at radius 2 is 1.80 bits per heavy atom. The van der Waals surface area contributed by atoms with Crippen molar-refractivity contribution in [1.29, 1.82) is 0 Å². The molecular formula is C19H20N8O2S. The van der Waals surface area contributed by atoms with Crippen molar-refractivity contribution < 1.29 is 8.42 Å². The standard InChI is InChI=1S/C19H20N8O2S/c1-14-4-6-15(7-5-14)27-19(22-23-24-27)25-9-11-26(12-10-25)30(28,29)17-13-21-18-16(17)3-2-8-20-18/h2-8,13H,9-12H2,1H3,(H,20,21). The molecule has 0 amide bonds. The molecule has 0 spiro atoms. The highest BCUT2D eigenvalue weighted by Crippen LogP contribution is 2.26. The van der Waals surface area contributed by atoms with Gasteiger partial charge in [-0.15, -0.1) is 0 Å². The molecule has 30 heavy (non-hydrogen) atoms. The Morgan fingerprint density at radius 3 is 2.57 bits per heavy atom. The molecule has 0 saturated carbocycles. The van der Waals surface area contributed by atoms with Crippen molar-refractivity contribution >= 4 is 27.0 Å². The Kier molecular flexibility index (Phi) is 4.48. The number of rotatable bonds is 4. The number of benzene rings is 1. The van der Waals surface area contributed by atoms with Crippen molar-refractivity contribution in [2.75, 3.05) is 31.1 Å². The van der Waals surface area contributed by atoms with Gasteiger partial charge in [0.25, 0.3) is 0 Å². The Morgan fingerprint density at radius 1 is 1.03 bits per heavy atom. The van der Waals surface area contributed by atoms with Crippen LogP contribution in [0.15, 0.2) is 53.7 Å². The predicted octanol–water partition coefficient (Wildman–Crippen LogP) is 1.36. The second-order valence-electron chi connectivity index (χ2n) is 7.17. The lowest BCUT2D eigenvalue weighted by Gasteiger charge is -2.33. The minimum absolute atomic E-state index is 0.253. The second-order valence-corrected chi connectivity index (χ2v) is 9.08. The maximum Gasteiger partial charge on any atom is 0.250 e. The van der Waals surface area contributed by atoms with Crippen LogP contribution in [-0.4, -0.2) is 69.1 Å². The number of aryl methyl sites for hydroxylation is 1. The van der Waals surface area contributed by atoms with Crippen LogP contribution in [0, 0.1) is 6.92 Å². The third-order valence-corrected chi connectivity index (χ3v) is 7.22. The zero-order valence-corrected chi connectivity index (χ0v) is 17.1. The monoisotopic (exact) mass is 424 g/mol. The van der Waals surface area contributed by atoms with Gasteiger partial charge in [-0.05, 0) is 41.6 Å². The number of hydrogen-bond donors (Lipinski definition) is 1. The Balaban J connectivity index is 1.36. The molecule has 1 saturated heterocycles. The summed E-state index contributed by atoms with van der Waals surface area (Å²) in [5.74, 6) is 0.604. The van der Waals surface area contributed by atoms with Crippen LogP contribution in [0.5, 0.6) is 0 Å². The van der Waals surface area contributed by atoms with E-state index in [0.29, 0.717) is 43.2 Å². The summed E-state index contributed by atoms with van der Waals surface area (Å²) in [6.07, 6.45) is 3.14. The van der Waals surface area contributed by atoms with Crippen LogP contribution in [0.4, 0.5) is 5.95 Å². The molecule has 3 aromatic heterocycles. The van der Waals surface area contributed by atoms with E-state index >= 15 is 0 Å². The zero-order valence-electron chi connectivity index (χ0n) is 16.3. The van der Waals surface area contributed by atoms with E-state index in [1.807, 2.05) is 36.1 Å². The molecule has 1 N–H and O–H groups in total. The van der Waals surface area contributed by atoms with E-state index in [0.717, 1.165) is 11.3 Å². The van der Waals surface area contributed by atoms with Crippen LogP contribution < -0.4 is 4.90 Å². The van der Waals surface area contributed by atoms with E-state index in [1.54, 1.807) is 23.0 Å². The first-order chi connectivity index (χ1) is 14.5. The highest BCUT2D eigenvalue weighted by molar-refractivity contribution is 7.89. The molecule has 0 unspecified atom stereocenters. The average Bonchev–Trinajstić information content (AvgIpc) is 3.42. The fourth-order valence-electron chi connectivity index (χ4n) is 3.64. The van der Waals surface area contributed by atoms with E-state index in [2.05, 4.69) is 25.5 Å². The van der Waals surface area contributed by atoms with Gasteiger partial charge in [0, 0.05) is 44.0 Å². The number of aromatic amines is 1. The maximum atomic E-state index is 13.2. The molecule has 154 valence electrons. The summed E-state index contributed by atoms with van der Waals surface area (Å²) in [7, 11) is -3.63. The van der Waals surface area contributed by atoms with Crippen LogP contribution in [0.1, 0.15) is 5.56 Å². The number of piperazine rings is 1. The largest absolute Gasteiger partial charge is 0.345 e. The maximum absolute atomic E-state index is 13.2. The van der Waals surface area contributed by atoms with E-state index in [4.69, 9.17) is 0 Å². The van der Waals surface area contributed by atoms with Gasteiger partial charge in [-0.3, -0.25) is 0 Å². The van der Waals surface area contributed by atoms with Crippen molar-refractivity contribution in [2.45, 2.75) is 11.8 Å². The molecule has 0 aliphatic carbocycles. The third kappa shape index (κ3) is 3.12. The van der Waals surface area contributed by atoms with Crippen molar-refractivity contribution in [3.8, 4) is 5.69 Å². The molecule has 4 aromatic rings. The van der Waals surface area contributed by atoms with Gasteiger partial charge in [-0.25, -0.2) is 13.4 Å².